The number of benzene rings is 3. The van der Waals surface area contributed by atoms with E-state index >= 15 is 0 Å². The van der Waals surface area contributed by atoms with Gasteiger partial charge in [0.05, 0.1) is 10.5 Å². The van der Waals surface area contributed by atoms with Gasteiger partial charge in [0.15, 0.2) is 0 Å². The number of carbonyl (C=O) groups is 2. The molecule has 1 amide bonds. The molecule has 8 heteroatoms. The zero-order valence-electron chi connectivity index (χ0n) is 15.7. The summed E-state index contributed by atoms with van der Waals surface area (Å²) in [5.74, 6) is -2.32. The number of aryl methyl sites for hydroxylation is 1. The molecule has 0 heterocycles. The highest BCUT2D eigenvalue weighted by atomic mass is 19.1. The molecule has 0 aliphatic carbocycles. The lowest BCUT2D eigenvalue weighted by Crippen LogP contribution is -2.14. The van der Waals surface area contributed by atoms with E-state index in [0.29, 0.717) is 11.1 Å². The van der Waals surface area contributed by atoms with Crippen molar-refractivity contribution >= 4 is 23.3 Å². The van der Waals surface area contributed by atoms with Crippen LogP contribution in [0.4, 0.5) is 15.8 Å². The fourth-order valence-corrected chi connectivity index (χ4v) is 2.95. The van der Waals surface area contributed by atoms with E-state index in [2.05, 4.69) is 5.32 Å². The average molecular weight is 408 g/mol. The number of nitro benzene ring substituents is 1. The minimum Gasteiger partial charge on any atom is -0.478 e. The molecule has 0 unspecified atom stereocenters. The van der Waals surface area contributed by atoms with Crippen molar-refractivity contribution in [3.8, 4) is 11.1 Å². The number of aromatic carboxylic acids is 1. The lowest BCUT2D eigenvalue weighted by molar-refractivity contribution is -0.383. The number of carboxylic acids is 1. The zero-order chi connectivity index (χ0) is 21.7. The number of anilines is 1. The normalized spacial score (nSPS) is 10.4. The molecule has 30 heavy (non-hydrogen) atoms. The van der Waals surface area contributed by atoms with Crippen molar-refractivity contribution in [2.24, 2.45) is 0 Å². The standard InChI is InChI=1S/C22H17FN2O5/c23-18-12-16(14-4-2-1-3-5-14)7-6-15(18)9-11-21(26)24-19-13-17(22(27)28)8-10-20(19)25(29)30/h1-8,10,12-13H,9,11H2,(H,24,26)(H,27,28). The summed E-state index contributed by atoms with van der Waals surface area (Å²) < 4.78 is 14.4. The van der Waals surface area contributed by atoms with E-state index in [1.165, 1.54) is 6.07 Å². The third-order valence-electron chi connectivity index (χ3n) is 4.50. The van der Waals surface area contributed by atoms with E-state index in [1.807, 2.05) is 30.3 Å². The van der Waals surface area contributed by atoms with Gasteiger partial charge in [-0.1, -0.05) is 42.5 Å². The molecule has 0 aromatic heterocycles. The first-order valence-electron chi connectivity index (χ1n) is 9.00. The molecule has 152 valence electrons. The Labute approximate surface area is 170 Å². The summed E-state index contributed by atoms with van der Waals surface area (Å²) in [4.78, 5) is 33.7. The quantitative estimate of drug-likeness (QED) is 0.436. The summed E-state index contributed by atoms with van der Waals surface area (Å²) in [6.45, 7) is 0. The van der Waals surface area contributed by atoms with Crippen LogP contribution in [0.5, 0.6) is 0 Å². The maximum Gasteiger partial charge on any atom is 0.335 e. The lowest BCUT2D eigenvalue weighted by atomic mass is 10.0. The highest BCUT2D eigenvalue weighted by Crippen LogP contribution is 2.26. The van der Waals surface area contributed by atoms with Gasteiger partial charge >= 0.3 is 5.97 Å². The van der Waals surface area contributed by atoms with Crippen molar-refractivity contribution in [2.75, 3.05) is 5.32 Å². The van der Waals surface area contributed by atoms with E-state index in [9.17, 15) is 24.1 Å². The molecular formula is C22H17FN2O5. The number of carbonyl (C=O) groups excluding carboxylic acids is 1. The minimum absolute atomic E-state index is 0.0825. The van der Waals surface area contributed by atoms with Gasteiger partial charge in [-0.25, -0.2) is 9.18 Å². The maximum atomic E-state index is 14.4. The van der Waals surface area contributed by atoms with Crippen molar-refractivity contribution in [3.63, 3.8) is 0 Å². The van der Waals surface area contributed by atoms with Gasteiger partial charge in [-0.2, -0.15) is 0 Å². The number of amides is 1. The van der Waals surface area contributed by atoms with Gasteiger partial charge in [0, 0.05) is 12.5 Å². The largest absolute Gasteiger partial charge is 0.478 e. The van der Waals surface area contributed by atoms with Crippen LogP contribution in [-0.2, 0) is 11.2 Å². The highest BCUT2D eigenvalue weighted by molar-refractivity contribution is 5.96. The minimum atomic E-state index is -1.28. The molecule has 0 bridgehead atoms. The second-order valence-corrected chi connectivity index (χ2v) is 6.51. The Morgan fingerprint density at radius 2 is 1.73 bits per heavy atom. The van der Waals surface area contributed by atoms with Crippen LogP contribution in [0.15, 0.2) is 66.7 Å². The molecule has 0 spiro atoms. The summed E-state index contributed by atoms with van der Waals surface area (Å²) in [7, 11) is 0. The first-order chi connectivity index (χ1) is 14.3. The summed E-state index contributed by atoms with van der Waals surface area (Å²) in [5.41, 5.74) is 1.07. The predicted octanol–water partition coefficient (Wildman–Crippen LogP) is 4.67. The molecule has 0 radical (unpaired) electrons. The molecule has 0 atom stereocenters. The Balaban J connectivity index is 1.70. The van der Waals surface area contributed by atoms with Crippen molar-refractivity contribution in [2.45, 2.75) is 12.8 Å². The van der Waals surface area contributed by atoms with Gasteiger partial charge in [-0.15, -0.1) is 0 Å². The maximum absolute atomic E-state index is 14.4. The fourth-order valence-electron chi connectivity index (χ4n) is 2.95. The van der Waals surface area contributed by atoms with Crippen molar-refractivity contribution in [3.05, 3.63) is 93.8 Å². The molecule has 3 rings (SSSR count). The van der Waals surface area contributed by atoms with Gasteiger partial charge in [0.25, 0.3) is 5.69 Å². The summed E-state index contributed by atoms with van der Waals surface area (Å²) >= 11 is 0. The van der Waals surface area contributed by atoms with Gasteiger partial charge < -0.3 is 10.4 Å². The van der Waals surface area contributed by atoms with Crippen molar-refractivity contribution < 1.29 is 24.0 Å². The average Bonchev–Trinajstić information content (AvgIpc) is 2.73. The zero-order valence-corrected chi connectivity index (χ0v) is 15.7. The number of hydrogen-bond acceptors (Lipinski definition) is 4. The molecule has 0 fully saturated rings. The lowest BCUT2D eigenvalue weighted by Gasteiger charge is -2.09. The fraction of sp³-hybridized carbons (Fsp3) is 0.0909. The van der Waals surface area contributed by atoms with E-state index < -0.39 is 28.3 Å². The van der Waals surface area contributed by atoms with Crippen LogP contribution < -0.4 is 5.32 Å². The van der Waals surface area contributed by atoms with E-state index in [1.54, 1.807) is 12.1 Å². The monoisotopic (exact) mass is 408 g/mol. The van der Waals surface area contributed by atoms with Crippen molar-refractivity contribution in [1.29, 1.82) is 0 Å². The SMILES string of the molecule is O=C(CCc1ccc(-c2ccccc2)cc1F)Nc1cc(C(=O)O)ccc1[N+](=O)[O-]. The number of nitrogens with zero attached hydrogens (tertiary/aromatic N) is 1. The van der Waals surface area contributed by atoms with E-state index in [0.717, 1.165) is 23.8 Å². The molecular weight excluding hydrogens is 391 g/mol. The molecule has 3 aromatic carbocycles. The summed E-state index contributed by atoms with van der Waals surface area (Å²) in [6.07, 6.45) is -0.0464. The van der Waals surface area contributed by atoms with Crippen LogP contribution in [0.25, 0.3) is 11.1 Å². The van der Waals surface area contributed by atoms with Gasteiger partial charge in [-0.3, -0.25) is 14.9 Å². The predicted molar refractivity (Wildman–Crippen MR) is 109 cm³/mol. The van der Waals surface area contributed by atoms with Crippen LogP contribution in [0.2, 0.25) is 0 Å². The number of rotatable bonds is 7. The molecule has 3 aromatic rings. The topological polar surface area (TPSA) is 110 Å². The van der Waals surface area contributed by atoms with Gasteiger partial charge in [0.1, 0.15) is 11.5 Å². The van der Waals surface area contributed by atoms with Crippen LogP contribution in [0.3, 0.4) is 0 Å². The number of nitrogens with one attached hydrogen (secondary N) is 1. The Morgan fingerprint density at radius 3 is 2.37 bits per heavy atom. The van der Waals surface area contributed by atoms with Crippen LogP contribution in [0, 0.1) is 15.9 Å². The van der Waals surface area contributed by atoms with Crippen LogP contribution >= 0.6 is 0 Å². The van der Waals surface area contributed by atoms with E-state index in [4.69, 9.17) is 5.11 Å². The second kappa shape index (κ2) is 8.95. The molecule has 2 N–H and O–H groups in total. The third kappa shape index (κ3) is 4.85. The molecule has 0 saturated carbocycles. The third-order valence-corrected chi connectivity index (χ3v) is 4.50. The number of hydrogen-bond donors (Lipinski definition) is 2. The van der Waals surface area contributed by atoms with Crippen molar-refractivity contribution in [1.82, 2.24) is 0 Å². The Bertz CT molecular complexity index is 1120. The van der Waals surface area contributed by atoms with Gasteiger partial charge in [-0.05, 0) is 41.3 Å². The number of carboxylic acid groups (broad SMARTS) is 1. The summed E-state index contributed by atoms with van der Waals surface area (Å²) in [5, 5.41) is 22.5. The Kier molecular flexibility index (Phi) is 6.17. The molecule has 0 aliphatic rings. The first kappa shape index (κ1) is 20.7. The molecule has 0 aliphatic heterocycles. The van der Waals surface area contributed by atoms with Crippen LogP contribution in [0.1, 0.15) is 22.3 Å². The van der Waals surface area contributed by atoms with Crippen LogP contribution in [-0.4, -0.2) is 21.9 Å². The number of nitro groups is 1. The van der Waals surface area contributed by atoms with Gasteiger partial charge in [0.2, 0.25) is 5.91 Å². The Morgan fingerprint density at radius 1 is 1.00 bits per heavy atom. The highest BCUT2D eigenvalue weighted by Gasteiger charge is 2.18. The Hall–Kier alpha value is -4.07. The molecule has 0 saturated heterocycles. The van der Waals surface area contributed by atoms with E-state index in [-0.39, 0.29) is 24.1 Å². The first-order valence-corrected chi connectivity index (χ1v) is 9.00. The summed E-state index contributed by atoms with van der Waals surface area (Å²) in [6, 6.07) is 17.2. The second-order valence-electron chi connectivity index (χ2n) is 6.51. The molecule has 7 nitrogen and oxygen atoms in total. The number of halogens is 1. The smallest absolute Gasteiger partial charge is 0.335 e.